The molecule has 0 bridgehead atoms. The number of hydrazone groups is 1. The van der Waals surface area contributed by atoms with Gasteiger partial charge in [-0.2, -0.15) is 24.7 Å². The molecule has 3 atom stereocenters. The molecule has 1 aliphatic carbocycles. The molecule has 1 aliphatic heterocycles. The number of aromatic nitrogens is 16. The monoisotopic (exact) mass is 949 g/mol. The molecule has 7 aromatic rings. The second-order valence-corrected chi connectivity index (χ2v) is 17.4. The predicted octanol–water partition coefficient (Wildman–Crippen LogP) is 2.99. The first-order valence-electron chi connectivity index (χ1n) is 23.9. The van der Waals surface area contributed by atoms with E-state index in [1.165, 1.54) is 5.12 Å². The summed E-state index contributed by atoms with van der Waals surface area (Å²) in [7, 11) is 3.62. The Morgan fingerprint density at radius 1 is 0.826 bits per heavy atom. The molecule has 69 heavy (non-hydrogen) atoms. The number of nitrogens with two attached hydrogens (primary N) is 2. The van der Waals surface area contributed by atoms with Gasteiger partial charge in [0, 0.05) is 77.7 Å². The number of anilines is 4. The number of hydrogen-bond donors (Lipinski definition) is 6. The standard InChI is InChI=1S/C43H64N24O2/c1-6-63-22-30(49-24-63)16-19-47-43-55-39(35-41(57-43)65(26-51-35)33-14-13-31(69-33)36(44)59-66(45)7-2)53-28-11-9-27(10-12-28)52-38-34-40(56-42(54-38)46-18-15-29-21-62(4)23-48-29)64(25-50-34)20-17-32(68-5)37-58-61-67(8-3)60-37/h21-28,31-33H,6-20,45H2,1-5H3,(H2,44,59)(H2,46,52,54,56)(H2,47,53,55,57). The lowest BCUT2D eigenvalue weighted by molar-refractivity contribution is 0.0328. The lowest BCUT2D eigenvalue weighted by Crippen LogP contribution is -2.35. The van der Waals surface area contributed by atoms with Crippen molar-refractivity contribution in [3.05, 3.63) is 54.9 Å². The number of rotatable bonds is 23. The van der Waals surface area contributed by atoms with Crippen LogP contribution in [0, 0.1) is 0 Å². The molecule has 2 aliphatic rings. The minimum atomic E-state index is -0.380. The van der Waals surface area contributed by atoms with Gasteiger partial charge in [0.25, 0.3) is 0 Å². The smallest absolute Gasteiger partial charge is 0.226 e. The summed E-state index contributed by atoms with van der Waals surface area (Å²) in [5.41, 5.74) is 11.0. The van der Waals surface area contributed by atoms with Crippen LogP contribution in [0.3, 0.4) is 0 Å². The zero-order valence-corrected chi connectivity index (χ0v) is 40.0. The topological polar surface area (TPSA) is 301 Å². The van der Waals surface area contributed by atoms with Crippen molar-refractivity contribution in [2.45, 2.75) is 129 Å². The summed E-state index contributed by atoms with van der Waals surface area (Å²) in [6.45, 7) is 9.76. The second kappa shape index (κ2) is 21.5. The fourth-order valence-electron chi connectivity index (χ4n) is 8.73. The SMILES string of the molecule is CCN(N)/N=C(\N)C1CCC(n2cnc3c(NC4CCC(Nc5nc(NCCc6cn(C)cn6)nc6c5ncn6CCC(OC)c5nnn(CC)n5)CC4)nc(NCCc4cn(CC)cn4)nc32)O1. The van der Waals surface area contributed by atoms with E-state index in [1.807, 2.05) is 47.1 Å². The second-order valence-electron chi connectivity index (χ2n) is 17.4. The summed E-state index contributed by atoms with van der Waals surface area (Å²) >= 11 is 0. The van der Waals surface area contributed by atoms with Crippen LogP contribution in [0.2, 0.25) is 0 Å². The number of methoxy groups -OCH3 is 1. The Balaban J connectivity index is 0.900. The van der Waals surface area contributed by atoms with Crippen LogP contribution < -0.4 is 32.8 Å². The summed E-state index contributed by atoms with van der Waals surface area (Å²) in [6, 6.07) is 0.275. The van der Waals surface area contributed by atoms with Gasteiger partial charge in [-0.05, 0) is 70.9 Å². The third-order valence-electron chi connectivity index (χ3n) is 12.6. The lowest BCUT2D eigenvalue weighted by atomic mass is 9.91. The molecule has 0 spiro atoms. The number of hydrazine groups is 1. The van der Waals surface area contributed by atoms with E-state index in [0.29, 0.717) is 116 Å². The Morgan fingerprint density at radius 3 is 2.12 bits per heavy atom. The van der Waals surface area contributed by atoms with Crippen molar-refractivity contribution in [3.8, 4) is 0 Å². The van der Waals surface area contributed by atoms with E-state index < -0.39 is 0 Å². The number of fused-ring (bicyclic) bond motifs is 2. The zero-order valence-electron chi connectivity index (χ0n) is 40.0. The third kappa shape index (κ3) is 11.1. The van der Waals surface area contributed by atoms with Crippen molar-refractivity contribution >= 4 is 51.7 Å². The van der Waals surface area contributed by atoms with Gasteiger partial charge < -0.3 is 50.2 Å². The molecular formula is C43H64N24O2. The van der Waals surface area contributed by atoms with E-state index in [0.717, 1.165) is 50.0 Å². The van der Waals surface area contributed by atoms with Crippen LogP contribution in [0.4, 0.5) is 23.5 Å². The van der Waals surface area contributed by atoms with Crippen LogP contribution in [0.1, 0.15) is 95.3 Å². The lowest BCUT2D eigenvalue weighted by Gasteiger charge is -2.30. The first kappa shape index (κ1) is 47.0. The van der Waals surface area contributed by atoms with Crippen LogP contribution in [0.15, 0.2) is 42.8 Å². The fourth-order valence-corrected chi connectivity index (χ4v) is 8.73. The molecule has 0 aromatic carbocycles. The molecule has 0 radical (unpaired) electrons. The maximum atomic E-state index is 6.42. The number of hydrogen-bond acceptors (Lipinski definition) is 20. The number of imidazole rings is 4. The summed E-state index contributed by atoms with van der Waals surface area (Å²) in [5, 5.41) is 32.8. The molecule has 8 N–H and O–H groups in total. The predicted molar refractivity (Wildman–Crippen MR) is 259 cm³/mol. The van der Waals surface area contributed by atoms with Crippen molar-refractivity contribution in [1.29, 1.82) is 0 Å². The molecule has 9 rings (SSSR count). The largest absolute Gasteiger partial charge is 0.383 e. The summed E-state index contributed by atoms with van der Waals surface area (Å²) in [5.74, 6) is 9.14. The normalized spacial score (nSPS) is 19.1. The van der Waals surface area contributed by atoms with Gasteiger partial charge in [0.1, 0.15) is 18.4 Å². The Hall–Kier alpha value is -7.06. The van der Waals surface area contributed by atoms with E-state index in [1.54, 1.807) is 30.9 Å². The van der Waals surface area contributed by atoms with Gasteiger partial charge in [0.05, 0.1) is 49.8 Å². The number of amidine groups is 1. The van der Waals surface area contributed by atoms with E-state index in [9.17, 15) is 0 Å². The quantitative estimate of drug-likeness (QED) is 0.0232. The van der Waals surface area contributed by atoms with Crippen molar-refractivity contribution < 1.29 is 9.47 Å². The number of nitrogens with zero attached hydrogens (tertiary/aromatic N) is 18. The van der Waals surface area contributed by atoms with Gasteiger partial charge in [0.15, 0.2) is 39.8 Å². The van der Waals surface area contributed by atoms with Crippen molar-refractivity contribution in [3.63, 3.8) is 0 Å². The van der Waals surface area contributed by atoms with E-state index >= 15 is 0 Å². The molecule has 8 heterocycles. The highest BCUT2D eigenvalue weighted by Crippen LogP contribution is 2.34. The molecule has 0 amide bonds. The number of ether oxygens (including phenoxy) is 2. The van der Waals surface area contributed by atoms with Gasteiger partial charge in [-0.15, -0.1) is 15.3 Å². The third-order valence-corrected chi connectivity index (χ3v) is 12.6. The molecule has 7 aromatic heterocycles. The first-order chi connectivity index (χ1) is 33.7. The number of nitrogens with one attached hydrogen (secondary N) is 4. The maximum absolute atomic E-state index is 6.42. The Bertz CT molecular complexity index is 2800. The molecule has 2 fully saturated rings. The number of tetrazole rings is 1. The molecule has 26 nitrogen and oxygen atoms in total. The average Bonchev–Trinajstić information content (AvgIpc) is 4.23. The fraction of sp³-hybridized carbons (Fsp3) is 0.581. The minimum absolute atomic E-state index is 0.133. The highest BCUT2D eigenvalue weighted by molar-refractivity contribution is 5.86. The highest BCUT2D eigenvalue weighted by Gasteiger charge is 2.32. The van der Waals surface area contributed by atoms with Crippen molar-refractivity contribution in [2.24, 2.45) is 23.7 Å². The van der Waals surface area contributed by atoms with Gasteiger partial charge >= 0.3 is 0 Å². The molecule has 368 valence electrons. The van der Waals surface area contributed by atoms with E-state index in [4.69, 9.17) is 51.0 Å². The highest BCUT2D eigenvalue weighted by atomic mass is 16.5. The Labute approximate surface area is 399 Å². The summed E-state index contributed by atoms with van der Waals surface area (Å²) in [4.78, 5) is 40.2. The van der Waals surface area contributed by atoms with E-state index in [-0.39, 0.29) is 30.5 Å². The first-order valence-corrected chi connectivity index (χ1v) is 23.9. The Kier molecular flexibility index (Phi) is 14.6. The van der Waals surface area contributed by atoms with Crippen LogP contribution in [-0.2, 0) is 49.0 Å². The molecule has 3 unspecified atom stereocenters. The molecular weight excluding hydrogens is 885 g/mol. The number of aryl methyl sites for hydroxylation is 4. The van der Waals surface area contributed by atoms with Gasteiger partial charge in [-0.1, -0.05) is 0 Å². The average molecular weight is 949 g/mol. The van der Waals surface area contributed by atoms with E-state index in [2.05, 4.69) is 69.4 Å². The molecule has 1 saturated heterocycles. The van der Waals surface area contributed by atoms with Gasteiger partial charge in [-0.25, -0.2) is 30.9 Å². The van der Waals surface area contributed by atoms with Crippen LogP contribution in [-0.4, -0.2) is 134 Å². The summed E-state index contributed by atoms with van der Waals surface area (Å²) in [6.07, 6.45) is 17.2. The van der Waals surface area contributed by atoms with Gasteiger partial charge in [-0.3, -0.25) is 4.57 Å². The molecule has 26 heteroatoms. The van der Waals surface area contributed by atoms with Crippen LogP contribution in [0.25, 0.3) is 22.3 Å². The minimum Gasteiger partial charge on any atom is -0.383 e. The maximum Gasteiger partial charge on any atom is 0.226 e. The Morgan fingerprint density at radius 2 is 1.49 bits per heavy atom. The van der Waals surface area contributed by atoms with Crippen molar-refractivity contribution in [1.82, 2.24) is 83.5 Å². The van der Waals surface area contributed by atoms with Gasteiger partial charge in [0.2, 0.25) is 17.7 Å². The van der Waals surface area contributed by atoms with Crippen molar-refractivity contribution in [2.75, 3.05) is 48.0 Å². The van der Waals surface area contributed by atoms with Crippen LogP contribution >= 0.6 is 0 Å². The molecule has 1 saturated carbocycles. The van der Waals surface area contributed by atoms with Crippen LogP contribution in [0.5, 0.6) is 0 Å². The zero-order chi connectivity index (χ0) is 47.9. The summed E-state index contributed by atoms with van der Waals surface area (Å²) < 4.78 is 20.2.